The van der Waals surface area contributed by atoms with Gasteiger partial charge in [0, 0.05) is 29.7 Å². The highest BCUT2D eigenvalue weighted by Crippen LogP contribution is 2.20. The number of anilines is 1. The fourth-order valence-corrected chi connectivity index (χ4v) is 2.56. The maximum atomic E-state index is 11.2. The van der Waals surface area contributed by atoms with Crippen molar-refractivity contribution in [3.63, 3.8) is 0 Å². The summed E-state index contributed by atoms with van der Waals surface area (Å²) in [6, 6.07) is 16.3. The molecule has 1 unspecified atom stereocenters. The number of para-hydroxylation sites is 1. The monoisotopic (exact) mass is 346 g/mol. The molecule has 0 aromatic heterocycles. The molecule has 2 aromatic rings. The van der Waals surface area contributed by atoms with Gasteiger partial charge in [-0.15, -0.1) is 0 Å². The highest BCUT2D eigenvalue weighted by molar-refractivity contribution is 9.10. The zero-order chi connectivity index (χ0) is 15.2. The SMILES string of the molecule is CC(=O)Nc1ccccc1CNC(C)c1cccc(Br)c1. The minimum atomic E-state index is -0.0533. The largest absolute Gasteiger partial charge is 0.326 e. The Balaban J connectivity index is 2.04. The quantitative estimate of drug-likeness (QED) is 0.849. The van der Waals surface area contributed by atoms with E-state index in [0.29, 0.717) is 6.54 Å². The van der Waals surface area contributed by atoms with E-state index in [1.54, 1.807) is 0 Å². The van der Waals surface area contributed by atoms with Crippen molar-refractivity contribution in [2.45, 2.75) is 26.4 Å². The summed E-state index contributed by atoms with van der Waals surface area (Å²) >= 11 is 3.49. The molecule has 0 bridgehead atoms. The van der Waals surface area contributed by atoms with Crippen molar-refractivity contribution in [2.24, 2.45) is 0 Å². The van der Waals surface area contributed by atoms with E-state index in [9.17, 15) is 4.79 Å². The van der Waals surface area contributed by atoms with E-state index in [-0.39, 0.29) is 11.9 Å². The zero-order valence-electron chi connectivity index (χ0n) is 12.2. The van der Waals surface area contributed by atoms with Gasteiger partial charge in [-0.2, -0.15) is 0 Å². The van der Waals surface area contributed by atoms with Crippen molar-refractivity contribution in [2.75, 3.05) is 5.32 Å². The lowest BCUT2D eigenvalue weighted by molar-refractivity contribution is -0.114. The first-order valence-corrected chi connectivity index (χ1v) is 7.70. The fourth-order valence-electron chi connectivity index (χ4n) is 2.14. The van der Waals surface area contributed by atoms with Gasteiger partial charge in [-0.3, -0.25) is 4.79 Å². The number of halogens is 1. The van der Waals surface area contributed by atoms with E-state index in [2.05, 4.69) is 45.6 Å². The van der Waals surface area contributed by atoms with Crippen molar-refractivity contribution in [1.82, 2.24) is 5.32 Å². The molecular weight excluding hydrogens is 328 g/mol. The number of amides is 1. The van der Waals surface area contributed by atoms with Crippen molar-refractivity contribution in [3.8, 4) is 0 Å². The van der Waals surface area contributed by atoms with Crippen LogP contribution >= 0.6 is 15.9 Å². The van der Waals surface area contributed by atoms with Crippen LogP contribution in [0.25, 0.3) is 0 Å². The van der Waals surface area contributed by atoms with E-state index in [0.717, 1.165) is 15.7 Å². The minimum Gasteiger partial charge on any atom is -0.326 e. The second-order valence-corrected chi connectivity index (χ2v) is 5.91. The Bertz CT molecular complexity index is 628. The molecule has 0 saturated carbocycles. The third-order valence-corrected chi connectivity index (χ3v) is 3.77. The van der Waals surface area contributed by atoms with Crippen LogP contribution < -0.4 is 10.6 Å². The van der Waals surface area contributed by atoms with E-state index >= 15 is 0 Å². The lowest BCUT2D eigenvalue weighted by Crippen LogP contribution is -2.19. The Morgan fingerprint density at radius 1 is 1.19 bits per heavy atom. The average Bonchev–Trinajstić information content (AvgIpc) is 2.45. The molecule has 21 heavy (non-hydrogen) atoms. The van der Waals surface area contributed by atoms with Crippen molar-refractivity contribution in [1.29, 1.82) is 0 Å². The third-order valence-electron chi connectivity index (χ3n) is 3.28. The zero-order valence-corrected chi connectivity index (χ0v) is 13.8. The summed E-state index contributed by atoms with van der Waals surface area (Å²) in [4.78, 5) is 11.2. The molecule has 0 aliphatic rings. The molecule has 3 nitrogen and oxygen atoms in total. The molecule has 0 heterocycles. The maximum absolute atomic E-state index is 11.2. The van der Waals surface area contributed by atoms with Crippen molar-refractivity contribution < 1.29 is 4.79 Å². The molecule has 2 N–H and O–H groups in total. The van der Waals surface area contributed by atoms with Crippen LogP contribution in [0, 0.1) is 0 Å². The number of nitrogens with one attached hydrogen (secondary N) is 2. The Morgan fingerprint density at radius 2 is 1.95 bits per heavy atom. The van der Waals surface area contributed by atoms with E-state index < -0.39 is 0 Å². The predicted molar refractivity (Wildman–Crippen MR) is 90.1 cm³/mol. The minimum absolute atomic E-state index is 0.0533. The highest BCUT2D eigenvalue weighted by Gasteiger charge is 2.08. The standard InChI is InChI=1S/C17H19BrN2O/c1-12(14-7-5-8-16(18)10-14)19-11-15-6-3-4-9-17(15)20-13(2)21/h3-10,12,19H,11H2,1-2H3,(H,20,21). The molecule has 0 aliphatic heterocycles. The van der Waals surface area contributed by atoms with Crippen molar-refractivity contribution >= 4 is 27.5 Å². The molecule has 0 aliphatic carbocycles. The van der Waals surface area contributed by atoms with Gasteiger partial charge in [-0.05, 0) is 36.2 Å². The fraction of sp³-hybridized carbons (Fsp3) is 0.235. The summed E-state index contributed by atoms with van der Waals surface area (Å²) in [5, 5.41) is 6.34. The first-order chi connectivity index (χ1) is 10.1. The van der Waals surface area contributed by atoms with E-state index in [1.807, 2.05) is 36.4 Å². The van der Waals surface area contributed by atoms with Gasteiger partial charge in [0.05, 0.1) is 0 Å². The second-order valence-electron chi connectivity index (χ2n) is 5.00. The summed E-state index contributed by atoms with van der Waals surface area (Å²) < 4.78 is 1.08. The first kappa shape index (κ1) is 15.7. The molecule has 4 heteroatoms. The van der Waals surface area contributed by atoms with Gasteiger partial charge in [0.2, 0.25) is 5.91 Å². The highest BCUT2D eigenvalue weighted by atomic mass is 79.9. The van der Waals surface area contributed by atoms with Crippen LogP contribution in [0.2, 0.25) is 0 Å². The Labute approximate surface area is 133 Å². The van der Waals surface area contributed by atoms with Crippen LogP contribution in [-0.2, 0) is 11.3 Å². The van der Waals surface area contributed by atoms with Crippen LogP contribution in [0.1, 0.15) is 31.0 Å². The van der Waals surface area contributed by atoms with Gasteiger partial charge in [0.25, 0.3) is 0 Å². The maximum Gasteiger partial charge on any atom is 0.221 e. The van der Waals surface area contributed by atoms with Gasteiger partial charge in [-0.1, -0.05) is 46.3 Å². The van der Waals surface area contributed by atoms with E-state index in [1.165, 1.54) is 12.5 Å². The topological polar surface area (TPSA) is 41.1 Å². The molecule has 1 amide bonds. The number of benzene rings is 2. The molecule has 2 rings (SSSR count). The van der Waals surface area contributed by atoms with Crippen LogP contribution in [0.15, 0.2) is 53.0 Å². The summed E-state index contributed by atoms with van der Waals surface area (Å²) in [7, 11) is 0. The van der Waals surface area contributed by atoms with Crippen LogP contribution in [0.4, 0.5) is 5.69 Å². The number of hydrogen-bond acceptors (Lipinski definition) is 2. The summed E-state index contributed by atoms with van der Waals surface area (Å²) in [5.41, 5.74) is 3.16. The van der Waals surface area contributed by atoms with Gasteiger partial charge >= 0.3 is 0 Å². The Morgan fingerprint density at radius 3 is 2.67 bits per heavy atom. The molecule has 0 saturated heterocycles. The average molecular weight is 347 g/mol. The summed E-state index contributed by atoms with van der Waals surface area (Å²) in [6.45, 7) is 4.35. The lowest BCUT2D eigenvalue weighted by Gasteiger charge is -2.16. The number of carbonyl (C=O) groups is 1. The Hall–Kier alpha value is -1.65. The van der Waals surface area contributed by atoms with Gasteiger partial charge in [0.15, 0.2) is 0 Å². The smallest absolute Gasteiger partial charge is 0.221 e. The number of rotatable bonds is 5. The normalized spacial score (nSPS) is 12.0. The number of carbonyl (C=O) groups excluding carboxylic acids is 1. The first-order valence-electron chi connectivity index (χ1n) is 6.90. The van der Waals surface area contributed by atoms with E-state index in [4.69, 9.17) is 0 Å². The van der Waals surface area contributed by atoms with Crippen LogP contribution in [0.5, 0.6) is 0 Å². The summed E-state index contributed by atoms with van der Waals surface area (Å²) in [5.74, 6) is -0.0533. The second kappa shape index (κ2) is 7.38. The lowest BCUT2D eigenvalue weighted by atomic mass is 10.1. The molecule has 1 atom stereocenters. The summed E-state index contributed by atoms with van der Waals surface area (Å²) in [6.07, 6.45) is 0. The van der Waals surface area contributed by atoms with Gasteiger partial charge < -0.3 is 10.6 Å². The Kier molecular flexibility index (Phi) is 5.53. The number of hydrogen-bond donors (Lipinski definition) is 2. The molecular formula is C17H19BrN2O. The predicted octanol–water partition coefficient (Wildman–Crippen LogP) is 4.26. The van der Waals surface area contributed by atoms with Gasteiger partial charge in [-0.25, -0.2) is 0 Å². The van der Waals surface area contributed by atoms with Crippen LogP contribution in [-0.4, -0.2) is 5.91 Å². The van der Waals surface area contributed by atoms with Gasteiger partial charge in [0.1, 0.15) is 0 Å². The molecule has 0 radical (unpaired) electrons. The molecule has 0 spiro atoms. The van der Waals surface area contributed by atoms with Crippen LogP contribution in [0.3, 0.4) is 0 Å². The van der Waals surface area contributed by atoms with Crippen molar-refractivity contribution in [3.05, 3.63) is 64.1 Å². The molecule has 0 fully saturated rings. The third kappa shape index (κ3) is 4.69. The molecule has 2 aromatic carbocycles. The molecule has 110 valence electrons.